The molecule has 0 aliphatic rings. The van der Waals surface area contributed by atoms with Crippen molar-refractivity contribution in [2.75, 3.05) is 33.7 Å². The molecule has 0 saturated heterocycles. The van der Waals surface area contributed by atoms with Crippen LogP contribution in [0.5, 0.6) is 0 Å². The van der Waals surface area contributed by atoms with Gasteiger partial charge < -0.3 is 4.90 Å². The Kier molecular flexibility index (Phi) is 5.30. The highest BCUT2D eigenvalue weighted by atomic mass is 32.2. The Morgan fingerprint density at radius 1 is 1.33 bits per heavy atom. The van der Waals surface area contributed by atoms with E-state index in [1.165, 1.54) is 16.6 Å². The van der Waals surface area contributed by atoms with Crippen molar-refractivity contribution in [3.8, 4) is 0 Å². The second-order valence-corrected chi connectivity index (χ2v) is 6.89. The van der Waals surface area contributed by atoms with Crippen molar-refractivity contribution in [3.63, 3.8) is 0 Å². The number of aromatic amines is 1. The smallest absolute Gasteiger partial charge is 0.260 e. The second-order valence-electron chi connectivity index (χ2n) is 4.98. The first-order valence-corrected chi connectivity index (χ1v) is 7.42. The molecule has 18 heavy (non-hydrogen) atoms. The Bertz CT molecular complexity index is 440. The Morgan fingerprint density at radius 3 is 2.44 bits per heavy atom. The molecule has 0 unspecified atom stereocenters. The Morgan fingerprint density at radius 2 is 2.00 bits per heavy atom. The molecule has 0 atom stereocenters. The predicted molar refractivity (Wildman–Crippen MR) is 70.7 cm³/mol. The summed E-state index contributed by atoms with van der Waals surface area (Å²) in [5, 5.41) is 6.38. The van der Waals surface area contributed by atoms with E-state index in [1.807, 2.05) is 32.8 Å². The minimum absolute atomic E-state index is 0.155. The fraction of sp³-hybridized carbons (Fsp3) is 0.727. The minimum atomic E-state index is -3.46. The van der Waals surface area contributed by atoms with Crippen molar-refractivity contribution in [2.24, 2.45) is 5.92 Å². The lowest BCUT2D eigenvalue weighted by Gasteiger charge is -2.24. The average Bonchev–Trinajstić information content (AvgIpc) is 2.76. The fourth-order valence-electron chi connectivity index (χ4n) is 1.55. The maximum absolute atomic E-state index is 12.4. The van der Waals surface area contributed by atoms with Crippen molar-refractivity contribution in [1.82, 2.24) is 19.4 Å². The molecule has 0 aromatic carbocycles. The molecule has 6 nitrogen and oxygen atoms in total. The van der Waals surface area contributed by atoms with Gasteiger partial charge >= 0.3 is 0 Å². The molecular formula is C11H22N4O2S. The van der Waals surface area contributed by atoms with E-state index >= 15 is 0 Å². The molecular weight excluding hydrogens is 252 g/mol. The summed E-state index contributed by atoms with van der Waals surface area (Å²) >= 11 is 0. The number of nitrogens with zero attached hydrogens (tertiary/aromatic N) is 3. The maximum atomic E-state index is 12.4. The third-order valence-electron chi connectivity index (χ3n) is 2.46. The monoisotopic (exact) mass is 274 g/mol. The summed E-state index contributed by atoms with van der Waals surface area (Å²) in [5.41, 5.74) is 0. The number of nitrogens with one attached hydrogen (secondary N) is 1. The molecule has 0 radical (unpaired) electrons. The van der Waals surface area contributed by atoms with Crippen LogP contribution in [0.4, 0.5) is 0 Å². The molecule has 104 valence electrons. The van der Waals surface area contributed by atoms with Gasteiger partial charge in [0.1, 0.15) is 0 Å². The summed E-state index contributed by atoms with van der Waals surface area (Å²) in [5.74, 6) is 0.282. The van der Waals surface area contributed by atoms with Gasteiger partial charge in [-0.2, -0.15) is 9.40 Å². The molecule has 0 bridgehead atoms. The Balaban J connectivity index is 2.88. The lowest BCUT2D eigenvalue weighted by atomic mass is 10.2. The average molecular weight is 274 g/mol. The summed E-state index contributed by atoms with van der Waals surface area (Å²) in [6, 6.07) is 1.48. The topological polar surface area (TPSA) is 69.3 Å². The van der Waals surface area contributed by atoms with Crippen LogP contribution in [0.2, 0.25) is 0 Å². The van der Waals surface area contributed by atoms with E-state index in [4.69, 9.17) is 0 Å². The molecule has 1 aromatic heterocycles. The molecule has 7 heteroatoms. The first-order valence-electron chi connectivity index (χ1n) is 5.98. The van der Waals surface area contributed by atoms with Crippen LogP contribution in [0.3, 0.4) is 0 Å². The molecule has 0 aliphatic heterocycles. The zero-order valence-electron chi connectivity index (χ0n) is 11.4. The van der Waals surface area contributed by atoms with Crippen molar-refractivity contribution >= 4 is 10.0 Å². The molecule has 0 saturated carbocycles. The van der Waals surface area contributed by atoms with E-state index in [0.717, 1.165) is 0 Å². The normalized spacial score (nSPS) is 12.8. The van der Waals surface area contributed by atoms with Crippen LogP contribution in [0.25, 0.3) is 0 Å². The Hall–Kier alpha value is -0.920. The third-order valence-corrected chi connectivity index (χ3v) is 4.25. The molecule has 0 fully saturated rings. The Labute approximate surface area is 109 Å². The van der Waals surface area contributed by atoms with Crippen molar-refractivity contribution in [2.45, 2.75) is 18.9 Å². The molecule has 1 heterocycles. The van der Waals surface area contributed by atoms with Crippen LogP contribution in [0, 0.1) is 5.92 Å². The molecule has 1 aromatic rings. The highest BCUT2D eigenvalue weighted by Gasteiger charge is 2.26. The van der Waals surface area contributed by atoms with Crippen LogP contribution in [0.15, 0.2) is 17.3 Å². The van der Waals surface area contributed by atoms with Gasteiger partial charge in [0.25, 0.3) is 10.0 Å². The highest BCUT2D eigenvalue weighted by Crippen LogP contribution is 2.14. The minimum Gasteiger partial charge on any atom is -0.308 e. The second kappa shape index (κ2) is 6.31. The van der Waals surface area contributed by atoms with Gasteiger partial charge in [-0.05, 0) is 26.1 Å². The number of hydrogen-bond donors (Lipinski definition) is 1. The SMILES string of the molecule is CC(C)CN(CCN(C)C)S(=O)(=O)c1ccn[nH]1. The number of aromatic nitrogens is 2. The van der Waals surface area contributed by atoms with Crippen molar-refractivity contribution < 1.29 is 8.42 Å². The quantitative estimate of drug-likeness (QED) is 0.791. The standard InChI is InChI=1S/C11H22N4O2S/c1-10(2)9-15(8-7-14(3)4)18(16,17)11-5-6-12-13-11/h5-6,10H,7-9H2,1-4H3,(H,12,13). The van der Waals surface area contributed by atoms with Gasteiger partial charge in [0.2, 0.25) is 0 Å². The number of hydrogen-bond acceptors (Lipinski definition) is 4. The van der Waals surface area contributed by atoms with Gasteiger partial charge in [0, 0.05) is 19.6 Å². The van der Waals surface area contributed by atoms with Crippen LogP contribution >= 0.6 is 0 Å². The van der Waals surface area contributed by atoms with Gasteiger partial charge in [-0.15, -0.1) is 0 Å². The fourth-order valence-corrected chi connectivity index (χ4v) is 3.05. The number of likely N-dealkylation sites (N-methyl/N-ethyl adjacent to an activating group) is 1. The largest absolute Gasteiger partial charge is 0.308 e. The van der Waals surface area contributed by atoms with E-state index < -0.39 is 10.0 Å². The van der Waals surface area contributed by atoms with E-state index in [9.17, 15) is 8.42 Å². The zero-order chi connectivity index (χ0) is 13.8. The van der Waals surface area contributed by atoms with Crippen molar-refractivity contribution in [3.05, 3.63) is 12.3 Å². The summed E-state index contributed by atoms with van der Waals surface area (Å²) in [6.45, 7) is 5.69. The van der Waals surface area contributed by atoms with Gasteiger partial charge in [0.15, 0.2) is 5.03 Å². The number of rotatable bonds is 7. The van der Waals surface area contributed by atoms with Gasteiger partial charge in [0.05, 0.1) is 6.20 Å². The summed E-state index contributed by atoms with van der Waals surface area (Å²) in [6.07, 6.45) is 1.45. The van der Waals surface area contributed by atoms with E-state index in [-0.39, 0.29) is 10.9 Å². The summed E-state index contributed by atoms with van der Waals surface area (Å²) in [4.78, 5) is 1.97. The molecule has 1 N–H and O–H groups in total. The molecule has 0 amide bonds. The van der Waals surface area contributed by atoms with Gasteiger partial charge in [-0.3, -0.25) is 5.10 Å². The lowest BCUT2D eigenvalue weighted by molar-refractivity contribution is 0.312. The van der Waals surface area contributed by atoms with Crippen LogP contribution in [0.1, 0.15) is 13.8 Å². The van der Waals surface area contributed by atoms with Crippen LogP contribution in [-0.2, 0) is 10.0 Å². The van der Waals surface area contributed by atoms with Crippen LogP contribution < -0.4 is 0 Å². The summed E-state index contributed by atoms with van der Waals surface area (Å²) in [7, 11) is 0.394. The third kappa shape index (κ3) is 4.08. The molecule has 0 spiro atoms. The number of sulfonamides is 1. The lowest BCUT2D eigenvalue weighted by Crippen LogP contribution is -2.39. The first kappa shape index (κ1) is 15.1. The maximum Gasteiger partial charge on any atom is 0.260 e. The number of H-pyrrole nitrogens is 1. The molecule has 0 aliphatic carbocycles. The van der Waals surface area contributed by atoms with E-state index in [1.54, 1.807) is 0 Å². The van der Waals surface area contributed by atoms with Gasteiger partial charge in [-0.1, -0.05) is 13.8 Å². The van der Waals surface area contributed by atoms with Gasteiger partial charge in [-0.25, -0.2) is 8.42 Å². The molecule has 1 rings (SSSR count). The first-order chi connectivity index (χ1) is 8.34. The van der Waals surface area contributed by atoms with E-state index in [2.05, 4.69) is 10.2 Å². The van der Waals surface area contributed by atoms with E-state index in [0.29, 0.717) is 19.6 Å². The highest BCUT2D eigenvalue weighted by molar-refractivity contribution is 7.89. The van der Waals surface area contributed by atoms with Crippen molar-refractivity contribution in [1.29, 1.82) is 0 Å². The summed E-state index contributed by atoms with van der Waals surface area (Å²) < 4.78 is 26.3. The predicted octanol–water partition coefficient (Wildman–Crippen LogP) is 0.618. The van der Waals surface area contributed by atoms with Crippen LogP contribution in [-0.4, -0.2) is 61.5 Å². The zero-order valence-corrected chi connectivity index (χ0v) is 12.2.